The van der Waals surface area contributed by atoms with Crippen LogP contribution in [0.1, 0.15) is 32.6 Å². The summed E-state index contributed by atoms with van der Waals surface area (Å²) < 4.78 is 10.6. The molecule has 31 heavy (non-hydrogen) atoms. The van der Waals surface area contributed by atoms with Crippen molar-refractivity contribution in [1.29, 1.82) is 0 Å². The highest BCUT2D eigenvalue weighted by Crippen LogP contribution is 2.39. The van der Waals surface area contributed by atoms with E-state index in [1.807, 2.05) is 65.6 Å². The van der Waals surface area contributed by atoms with Gasteiger partial charge in [0.05, 0.1) is 25.7 Å². The van der Waals surface area contributed by atoms with Crippen LogP contribution in [-0.4, -0.2) is 41.5 Å². The van der Waals surface area contributed by atoms with E-state index in [0.717, 1.165) is 22.6 Å². The molecule has 0 N–H and O–H groups in total. The normalized spacial score (nSPS) is 15.9. The molecule has 7 heteroatoms. The summed E-state index contributed by atoms with van der Waals surface area (Å²) in [6.07, 6.45) is 1.61. The number of ether oxygens (including phenoxy) is 1. The average Bonchev–Trinajstić information content (AvgIpc) is 3.44. The monoisotopic (exact) mass is 436 g/mol. The summed E-state index contributed by atoms with van der Waals surface area (Å²) in [7, 11) is 3.42. The summed E-state index contributed by atoms with van der Waals surface area (Å²) in [5.74, 6) is 2.03. The summed E-state index contributed by atoms with van der Waals surface area (Å²) in [6, 6.07) is 18.9. The third-order valence-electron chi connectivity index (χ3n) is 5.24. The van der Waals surface area contributed by atoms with E-state index in [1.165, 1.54) is 0 Å². The van der Waals surface area contributed by atoms with Gasteiger partial charge in [0.1, 0.15) is 16.9 Å². The Morgan fingerprint density at radius 2 is 1.90 bits per heavy atom. The van der Waals surface area contributed by atoms with Crippen molar-refractivity contribution in [2.75, 3.05) is 19.9 Å². The molecule has 1 saturated heterocycles. The largest absolute Gasteiger partial charge is 0.497 e. The van der Waals surface area contributed by atoms with Gasteiger partial charge in [-0.15, -0.1) is 11.8 Å². The molecule has 3 aromatic rings. The number of benzene rings is 2. The Labute approximate surface area is 185 Å². The summed E-state index contributed by atoms with van der Waals surface area (Å²) in [4.78, 5) is 28.7. The van der Waals surface area contributed by atoms with Crippen molar-refractivity contribution in [3.8, 4) is 5.75 Å². The van der Waals surface area contributed by atoms with Crippen molar-refractivity contribution in [3.05, 3.63) is 89.4 Å². The number of amides is 2. The van der Waals surface area contributed by atoms with E-state index in [1.54, 1.807) is 37.1 Å². The molecule has 2 heterocycles. The van der Waals surface area contributed by atoms with Crippen molar-refractivity contribution in [2.45, 2.75) is 18.5 Å². The quantitative estimate of drug-likeness (QED) is 0.552. The Balaban J connectivity index is 1.42. The molecule has 6 nitrogen and oxygen atoms in total. The maximum Gasteiger partial charge on any atom is 0.253 e. The van der Waals surface area contributed by atoms with Gasteiger partial charge in [-0.3, -0.25) is 9.59 Å². The molecule has 0 spiro atoms. The molecule has 1 unspecified atom stereocenters. The smallest absolute Gasteiger partial charge is 0.253 e. The molecule has 0 bridgehead atoms. The van der Waals surface area contributed by atoms with Gasteiger partial charge in [0, 0.05) is 19.2 Å². The standard InChI is InChI=1S/C24H24N2O4S/c1-25(14-17-5-11-20(29-2)12-6-17)23(28)18-7-9-19(10-8-18)24-26(22(27)16-31-24)15-21-4-3-13-30-21/h3-13,24H,14-16H2,1-2H3. The lowest BCUT2D eigenvalue weighted by Gasteiger charge is -2.23. The molecule has 1 fully saturated rings. The Bertz CT molecular complexity index is 1030. The fourth-order valence-electron chi connectivity index (χ4n) is 3.56. The van der Waals surface area contributed by atoms with Gasteiger partial charge in [0.25, 0.3) is 5.91 Å². The summed E-state index contributed by atoms with van der Waals surface area (Å²) in [5.41, 5.74) is 2.64. The minimum atomic E-state index is -0.0845. The van der Waals surface area contributed by atoms with Gasteiger partial charge >= 0.3 is 0 Å². The van der Waals surface area contributed by atoms with Crippen LogP contribution in [0.15, 0.2) is 71.3 Å². The van der Waals surface area contributed by atoms with Gasteiger partial charge < -0.3 is 19.0 Å². The molecule has 0 radical (unpaired) electrons. The second-order valence-electron chi connectivity index (χ2n) is 7.40. The van der Waals surface area contributed by atoms with Crippen molar-refractivity contribution < 1.29 is 18.7 Å². The Hall–Kier alpha value is -3.19. The molecule has 0 saturated carbocycles. The molecule has 4 rings (SSSR count). The van der Waals surface area contributed by atoms with Crippen LogP contribution in [0.25, 0.3) is 0 Å². The maximum absolute atomic E-state index is 12.9. The topological polar surface area (TPSA) is 63.0 Å². The van der Waals surface area contributed by atoms with E-state index in [4.69, 9.17) is 9.15 Å². The Morgan fingerprint density at radius 3 is 2.55 bits per heavy atom. The first-order valence-electron chi connectivity index (χ1n) is 9.97. The van der Waals surface area contributed by atoms with Gasteiger partial charge in [-0.1, -0.05) is 24.3 Å². The van der Waals surface area contributed by atoms with E-state index in [2.05, 4.69) is 0 Å². The zero-order valence-electron chi connectivity index (χ0n) is 17.5. The van der Waals surface area contributed by atoms with Crippen molar-refractivity contribution >= 4 is 23.6 Å². The molecular formula is C24H24N2O4S. The Kier molecular flexibility index (Phi) is 6.32. The third kappa shape index (κ3) is 4.77. The van der Waals surface area contributed by atoms with Crippen LogP contribution in [0.4, 0.5) is 0 Å². The average molecular weight is 437 g/mol. The lowest BCUT2D eigenvalue weighted by Crippen LogP contribution is -2.28. The zero-order chi connectivity index (χ0) is 21.8. The van der Waals surface area contributed by atoms with E-state index in [-0.39, 0.29) is 17.2 Å². The molecule has 160 valence electrons. The van der Waals surface area contributed by atoms with E-state index < -0.39 is 0 Å². The zero-order valence-corrected chi connectivity index (χ0v) is 18.3. The van der Waals surface area contributed by atoms with Crippen LogP contribution in [0.5, 0.6) is 5.75 Å². The minimum Gasteiger partial charge on any atom is -0.497 e. The van der Waals surface area contributed by atoms with Crippen molar-refractivity contribution in [2.24, 2.45) is 0 Å². The van der Waals surface area contributed by atoms with E-state index >= 15 is 0 Å². The van der Waals surface area contributed by atoms with Gasteiger partial charge in [0.2, 0.25) is 5.91 Å². The molecule has 2 aromatic carbocycles. The lowest BCUT2D eigenvalue weighted by molar-refractivity contribution is -0.128. The first-order chi connectivity index (χ1) is 15.0. The molecule has 1 aliphatic heterocycles. The second-order valence-corrected chi connectivity index (χ2v) is 8.46. The minimum absolute atomic E-state index is 0.0510. The first-order valence-corrected chi connectivity index (χ1v) is 11.0. The highest BCUT2D eigenvalue weighted by atomic mass is 32.2. The van der Waals surface area contributed by atoms with E-state index in [9.17, 15) is 9.59 Å². The van der Waals surface area contributed by atoms with Crippen LogP contribution in [-0.2, 0) is 17.9 Å². The number of methoxy groups -OCH3 is 1. The molecule has 2 amide bonds. The number of carbonyl (C=O) groups is 2. The van der Waals surface area contributed by atoms with Crippen LogP contribution in [0.3, 0.4) is 0 Å². The van der Waals surface area contributed by atoms with Crippen molar-refractivity contribution in [3.63, 3.8) is 0 Å². The number of furan rings is 1. The predicted molar refractivity (Wildman–Crippen MR) is 120 cm³/mol. The van der Waals surface area contributed by atoms with Crippen molar-refractivity contribution in [1.82, 2.24) is 9.80 Å². The number of thioether (sulfide) groups is 1. The molecule has 1 aliphatic rings. The third-order valence-corrected chi connectivity index (χ3v) is 6.50. The maximum atomic E-state index is 12.9. The van der Waals surface area contributed by atoms with E-state index in [0.29, 0.717) is 24.4 Å². The number of hydrogen-bond donors (Lipinski definition) is 0. The van der Waals surface area contributed by atoms with Crippen LogP contribution < -0.4 is 4.74 Å². The fourth-order valence-corrected chi connectivity index (χ4v) is 4.75. The van der Waals surface area contributed by atoms with Crippen LogP contribution >= 0.6 is 11.8 Å². The second kappa shape index (κ2) is 9.31. The number of nitrogens with zero attached hydrogens (tertiary/aromatic N) is 2. The number of hydrogen-bond acceptors (Lipinski definition) is 5. The summed E-state index contributed by atoms with van der Waals surface area (Å²) >= 11 is 1.59. The molecule has 1 atom stereocenters. The Morgan fingerprint density at radius 1 is 1.16 bits per heavy atom. The van der Waals surface area contributed by atoms with Gasteiger partial charge in [-0.05, 0) is 47.5 Å². The predicted octanol–water partition coefficient (Wildman–Crippen LogP) is 4.33. The lowest BCUT2D eigenvalue weighted by atomic mass is 10.1. The number of rotatable bonds is 7. The summed E-state index contributed by atoms with van der Waals surface area (Å²) in [5, 5.41) is -0.0845. The highest BCUT2D eigenvalue weighted by molar-refractivity contribution is 8.00. The SMILES string of the molecule is COc1ccc(CN(C)C(=O)c2ccc(C3SCC(=O)N3Cc3ccco3)cc2)cc1. The van der Waals surface area contributed by atoms with Gasteiger partial charge in [-0.2, -0.15) is 0 Å². The molecule has 1 aromatic heterocycles. The van der Waals surface area contributed by atoms with Crippen LogP contribution in [0, 0.1) is 0 Å². The highest BCUT2D eigenvalue weighted by Gasteiger charge is 2.33. The van der Waals surface area contributed by atoms with Gasteiger partial charge in [0.15, 0.2) is 0 Å². The first kappa shape index (κ1) is 21.1. The number of carbonyl (C=O) groups excluding carboxylic acids is 2. The molecule has 0 aliphatic carbocycles. The molecular weight excluding hydrogens is 412 g/mol. The fraction of sp³-hybridized carbons (Fsp3) is 0.250. The summed E-state index contributed by atoms with van der Waals surface area (Å²) in [6.45, 7) is 0.948. The van der Waals surface area contributed by atoms with Crippen LogP contribution in [0.2, 0.25) is 0 Å². The van der Waals surface area contributed by atoms with Gasteiger partial charge in [-0.25, -0.2) is 0 Å².